The quantitative estimate of drug-likeness (QED) is 0.485. The first kappa shape index (κ1) is 22.6. The van der Waals surface area contributed by atoms with E-state index in [4.69, 9.17) is 0 Å². The second-order valence-electron chi connectivity index (χ2n) is 12.1. The van der Waals surface area contributed by atoms with Crippen LogP contribution in [0.15, 0.2) is 23.8 Å². The van der Waals surface area contributed by atoms with E-state index in [1.54, 1.807) is 0 Å². The van der Waals surface area contributed by atoms with E-state index in [2.05, 4.69) is 40.3 Å². The van der Waals surface area contributed by atoms with Gasteiger partial charge in [-0.25, -0.2) is 0 Å². The van der Waals surface area contributed by atoms with Crippen LogP contribution in [-0.4, -0.2) is 22.9 Å². The molecular weight excluding hydrogens is 368 g/mol. The molecule has 170 valence electrons. The first-order valence-corrected chi connectivity index (χ1v) is 12.9. The maximum atomic E-state index is 10.6. The Labute approximate surface area is 185 Å². The lowest BCUT2D eigenvalue weighted by Crippen LogP contribution is -2.53. The molecule has 2 nitrogen and oxygen atoms in total. The Kier molecular flexibility index (Phi) is 6.32. The van der Waals surface area contributed by atoms with Crippen molar-refractivity contribution in [3.8, 4) is 0 Å². The number of hydrogen-bond donors (Lipinski definition) is 2. The van der Waals surface area contributed by atoms with Crippen molar-refractivity contribution in [2.75, 3.05) is 6.61 Å². The molecule has 0 heterocycles. The Morgan fingerprint density at radius 1 is 1.13 bits per heavy atom. The summed E-state index contributed by atoms with van der Waals surface area (Å²) in [5.74, 6) is 4.39. The summed E-state index contributed by atoms with van der Waals surface area (Å²) in [6, 6.07) is 0. The number of fused-ring (bicyclic) bond motifs is 5. The highest BCUT2D eigenvalue weighted by molar-refractivity contribution is 5.26. The van der Waals surface area contributed by atoms with Crippen LogP contribution in [0.25, 0.3) is 0 Å². The van der Waals surface area contributed by atoms with Crippen molar-refractivity contribution in [3.05, 3.63) is 23.8 Å². The van der Waals surface area contributed by atoms with Gasteiger partial charge >= 0.3 is 0 Å². The second kappa shape index (κ2) is 8.39. The first-order chi connectivity index (χ1) is 14.2. The SMILES string of the molecule is C=C(CC[C@@H](C)[C@H]1CC[C@H]2[C@@H]3CC=C4CC(O)CC[C@]4(CO)[C@H]3CC[C@]12C)C(C)C. The summed E-state index contributed by atoms with van der Waals surface area (Å²) < 4.78 is 0. The summed E-state index contributed by atoms with van der Waals surface area (Å²) in [4.78, 5) is 0. The van der Waals surface area contributed by atoms with Crippen molar-refractivity contribution in [2.45, 2.75) is 98.0 Å². The smallest absolute Gasteiger partial charge is 0.0577 e. The largest absolute Gasteiger partial charge is 0.395 e. The molecule has 0 radical (unpaired) electrons. The van der Waals surface area contributed by atoms with E-state index in [0.29, 0.717) is 17.3 Å². The van der Waals surface area contributed by atoms with Crippen LogP contribution in [-0.2, 0) is 0 Å². The molecule has 2 heteroatoms. The van der Waals surface area contributed by atoms with Crippen molar-refractivity contribution in [1.29, 1.82) is 0 Å². The van der Waals surface area contributed by atoms with Crippen molar-refractivity contribution in [1.82, 2.24) is 0 Å². The van der Waals surface area contributed by atoms with Crippen LogP contribution >= 0.6 is 0 Å². The highest BCUT2D eigenvalue weighted by Gasteiger charge is 2.60. The van der Waals surface area contributed by atoms with E-state index in [9.17, 15) is 10.2 Å². The molecule has 3 fully saturated rings. The Morgan fingerprint density at radius 2 is 1.90 bits per heavy atom. The molecule has 0 aromatic heterocycles. The predicted molar refractivity (Wildman–Crippen MR) is 125 cm³/mol. The average Bonchev–Trinajstić information content (AvgIpc) is 3.08. The normalized spacial score (nSPS) is 44.1. The van der Waals surface area contributed by atoms with E-state index in [0.717, 1.165) is 42.9 Å². The number of aliphatic hydroxyl groups is 2. The molecule has 8 atom stereocenters. The number of allylic oxidation sites excluding steroid dienone is 2. The molecule has 0 aromatic rings. The van der Waals surface area contributed by atoms with E-state index < -0.39 is 0 Å². The van der Waals surface area contributed by atoms with Crippen LogP contribution < -0.4 is 0 Å². The van der Waals surface area contributed by atoms with Crippen molar-refractivity contribution in [3.63, 3.8) is 0 Å². The Bertz CT molecular complexity index is 678. The molecule has 30 heavy (non-hydrogen) atoms. The maximum absolute atomic E-state index is 10.6. The third-order valence-corrected chi connectivity index (χ3v) is 10.6. The molecule has 0 bridgehead atoms. The first-order valence-electron chi connectivity index (χ1n) is 12.9. The maximum Gasteiger partial charge on any atom is 0.0577 e. The average molecular weight is 415 g/mol. The molecule has 1 unspecified atom stereocenters. The molecule has 0 spiro atoms. The summed E-state index contributed by atoms with van der Waals surface area (Å²) in [5.41, 5.74) is 3.25. The van der Waals surface area contributed by atoms with Gasteiger partial charge in [0.25, 0.3) is 0 Å². The van der Waals surface area contributed by atoms with Crippen LogP contribution in [0, 0.1) is 46.3 Å². The Balaban J connectivity index is 1.52. The van der Waals surface area contributed by atoms with Gasteiger partial charge in [0.1, 0.15) is 0 Å². The van der Waals surface area contributed by atoms with E-state index in [1.165, 1.54) is 56.1 Å². The zero-order valence-corrected chi connectivity index (χ0v) is 20.0. The monoisotopic (exact) mass is 414 g/mol. The standard InChI is InChI=1S/C28H46O2/c1-18(2)19(3)6-7-20(4)24-10-11-25-23-9-8-21-16-22(30)12-15-28(21,17-29)26(23)13-14-27(24,25)5/h8,18,20,22-26,29-30H,3,6-7,9-17H2,1-2,4-5H3/t20-,22?,23+,24-,25+,26+,27-,28-/m1/s1. The minimum atomic E-state index is -0.196. The lowest BCUT2D eigenvalue weighted by atomic mass is 9.46. The fourth-order valence-corrected chi connectivity index (χ4v) is 8.61. The van der Waals surface area contributed by atoms with Gasteiger partial charge in [0, 0.05) is 5.41 Å². The molecule has 0 aliphatic heterocycles. The topological polar surface area (TPSA) is 40.5 Å². The predicted octanol–water partition coefficient (Wildman–Crippen LogP) is 6.53. The Morgan fingerprint density at radius 3 is 2.60 bits per heavy atom. The van der Waals surface area contributed by atoms with Gasteiger partial charge < -0.3 is 10.2 Å². The number of hydrogen-bond acceptors (Lipinski definition) is 2. The molecular formula is C28H46O2. The fraction of sp³-hybridized carbons (Fsp3) is 0.857. The minimum Gasteiger partial charge on any atom is -0.395 e. The van der Waals surface area contributed by atoms with Crippen molar-refractivity contribution < 1.29 is 10.2 Å². The zero-order valence-electron chi connectivity index (χ0n) is 20.0. The van der Waals surface area contributed by atoms with Gasteiger partial charge in [-0.05, 0) is 105 Å². The van der Waals surface area contributed by atoms with Crippen molar-refractivity contribution in [2.24, 2.45) is 46.3 Å². The van der Waals surface area contributed by atoms with E-state index in [-0.39, 0.29) is 18.1 Å². The van der Waals surface area contributed by atoms with Crippen LogP contribution in [0.1, 0.15) is 91.9 Å². The lowest BCUT2D eigenvalue weighted by molar-refractivity contribution is -0.0794. The van der Waals surface area contributed by atoms with Gasteiger partial charge in [0.2, 0.25) is 0 Å². The van der Waals surface area contributed by atoms with Crippen molar-refractivity contribution >= 4 is 0 Å². The summed E-state index contributed by atoms with van der Waals surface area (Å²) in [6.07, 6.45) is 13.9. The van der Waals surface area contributed by atoms with Crippen LogP contribution in [0.5, 0.6) is 0 Å². The number of aliphatic hydroxyl groups excluding tert-OH is 2. The minimum absolute atomic E-state index is 0.0256. The second-order valence-corrected chi connectivity index (χ2v) is 12.1. The molecule has 3 saturated carbocycles. The summed E-state index contributed by atoms with van der Waals surface area (Å²) in [5, 5.41) is 20.8. The van der Waals surface area contributed by atoms with E-state index in [1.807, 2.05) is 0 Å². The molecule has 4 aliphatic rings. The lowest BCUT2D eigenvalue weighted by Gasteiger charge is -2.59. The van der Waals surface area contributed by atoms with Gasteiger partial charge in [0.05, 0.1) is 12.7 Å². The van der Waals surface area contributed by atoms with Crippen LogP contribution in [0.4, 0.5) is 0 Å². The van der Waals surface area contributed by atoms with Gasteiger partial charge in [-0.2, -0.15) is 0 Å². The van der Waals surface area contributed by atoms with E-state index >= 15 is 0 Å². The summed E-state index contributed by atoms with van der Waals surface area (Å²) >= 11 is 0. The summed E-state index contributed by atoms with van der Waals surface area (Å²) in [7, 11) is 0. The van der Waals surface area contributed by atoms with Gasteiger partial charge in [-0.1, -0.05) is 51.5 Å². The highest BCUT2D eigenvalue weighted by Crippen LogP contribution is 2.67. The highest BCUT2D eigenvalue weighted by atomic mass is 16.3. The third-order valence-electron chi connectivity index (χ3n) is 10.6. The fourth-order valence-electron chi connectivity index (χ4n) is 8.61. The van der Waals surface area contributed by atoms with Crippen LogP contribution in [0.2, 0.25) is 0 Å². The molecule has 4 aliphatic carbocycles. The Hall–Kier alpha value is -0.600. The van der Waals surface area contributed by atoms with Gasteiger partial charge in [0.15, 0.2) is 0 Å². The number of rotatable bonds is 6. The molecule has 0 aromatic carbocycles. The van der Waals surface area contributed by atoms with Gasteiger partial charge in [-0.3, -0.25) is 0 Å². The molecule has 0 saturated heterocycles. The van der Waals surface area contributed by atoms with Gasteiger partial charge in [-0.15, -0.1) is 0 Å². The van der Waals surface area contributed by atoms with Crippen LogP contribution in [0.3, 0.4) is 0 Å². The molecule has 4 rings (SSSR count). The molecule has 0 amide bonds. The third kappa shape index (κ3) is 3.54. The molecule has 2 N–H and O–H groups in total. The summed E-state index contributed by atoms with van der Waals surface area (Å²) in [6.45, 7) is 14.3. The zero-order chi connectivity index (χ0) is 21.7.